The lowest BCUT2D eigenvalue weighted by atomic mass is 10.2. The zero-order valence-electron chi connectivity index (χ0n) is 20.0. The minimum absolute atomic E-state index is 0.0448. The number of nitrogens with zero attached hydrogens (tertiary/aromatic N) is 1. The van der Waals surface area contributed by atoms with E-state index in [1.54, 1.807) is 22.5 Å². The van der Waals surface area contributed by atoms with E-state index < -0.39 is 17.1 Å². The van der Waals surface area contributed by atoms with E-state index in [1.165, 1.54) is 6.07 Å². The molecule has 0 radical (unpaired) electrons. The van der Waals surface area contributed by atoms with Gasteiger partial charge in [0.2, 0.25) is 0 Å². The highest BCUT2D eigenvalue weighted by atomic mass is 32.2. The molecule has 0 aliphatic carbocycles. The third-order valence-electron chi connectivity index (χ3n) is 6.69. The Balaban J connectivity index is 2.02. The fourth-order valence-corrected chi connectivity index (χ4v) is 17.9. The second-order valence-corrected chi connectivity index (χ2v) is 20.3. The van der Waals surface area contributed by atoms with Crippen LogP contribution in [0, 0.1) is 0 Å². The number of H-pyrrole nitrogens is 1. The van der Waals surface area contributed by atoms with Gasteiger partial charge in [-0.2, -0.15) is 0 Å². The lowest BCUT2D eigenvalue weighted by molar-refractivity contribution is 0.0706. The summed E-state index contributed by atoms with van der Waals surface area (Å²) in [5, 5.41) is 0.0303. The van der Waals surface area contributed by atoms with E-state index in [-0.39, 0.29) is 39.1 Å². The number of rotatable bonds is 5. The molecule has 0 amide bonds. The van der Waals surface area contributed by atoms with Gasteiger partial charge in [0.25, 0.3) is 5.56 Å². The van der Waals surface area contributed by atoms with Crippen molar-refractivity contribution in [3.05, 3.63) is 33.1 Å². The minimum Gasteiger partial charge on any atom is -0.414 e. The maximum Gasteiger partial charge on any atom is 0.334 e. The van der Waals surface area contributed by atoms with Gasteiger partial charge in [0.05, 0.1) is 23.3 Å². The highest BCUT2D eigenvalue weighted by Crippen LogP contribution is 2.51. The fraction of sp³-hybridized carbons (Fsp3) is 0.810. The molecule has 3 heterocycles. The van der Waals surface area contributed by atoms with Crippen LogP contribution < -0.4 is 11.2 Å². The van der Waals surface area contributed by atoms with E-state index in [0.29, 0.717) is 24.1 Å². The monoisotopic (exact) mass is 486 g/mol. The van der Waals surface area contributed by atoms with E-state index in [1.807, 2.05) is 0 Å². The van der Waals surface area contributed by atoms with Gasteiger partial charge in [0, 0.05) is 18.7 Å². The van der Waals surface area contributed by atoms with Crippen LogP contribution in [0.2, 0.25) is 22.2 Å². The van der Waals surface area contributed by atoms with E-state index in [2.05, 4.69) is 60.4 Å². The molecule has 0 spiro atoms. The molecule has 0 unspecified atom stereocenters. The van der Waals surface area contributed by atoms with Crippen LogP contribution in [-0.2, 0) is 13.0 Å². The molecular weight excluding hydrogens is 448 g/mol. The highest BCUT2D eigenvalue weighted by molar-refractivity contribution is 8.00. The predicted octanol–water partition coefficient (Wildman–Crippen LogP) is 4.50. The van der Waals surface area contributed by atoms with Crippen molar-refractivity contribution in [2.75, 3.05) is 6.61 Å². The summed E-state index contributed by atoms with van der Waals surface area (Å²) < 4.78 is 22.7. The number of thioether (sulfide) groups is 1. The van der Waals surface area contributed by atoms with Crippen LogP contribution in [0.15, 0.2) is 21.9 Å². The van der Waals surface area contributed by atoms with Crippen molar-refractivity contribution in [2.45, 2.75) is 101 Å². The average molecular weight is 487 g/mol. The Morgan fingerprint density at radius 1 is 1.00 bits per heavy atom. The van der Waals surface area contributed by atoms with Crippen LogP contribution in [0.5, 0.6) is 0 Å². The summed E-state index contributed by atoms with van der Waals surface area (Å²) in [5.74, 6) is 0. The molecule has 0 bridgehead atoms. The van der Waals surface area contributed by atoms with Crippen molar-refractivity contribution in [3.63, 3.8) is 0 Å². The van der Waals surface area contributed by atoms with Crippen molar-refractivity contribution < 1.29 is 13.0 Å². The first kappa shape index (κ1) is 25.0. The number of fused-ring (bicyclic) bond motifs is 1. The third-order valence-corrected chi connectivity index (χ3v) is 18.5. The van der Waals surface area contributed by atoms with Gasteiger partial charge in [-0.15, -0.1) is 11.8 Å². The van der Waals surface area contributed by atoms with Crippen LogP contribution in [0.1, 0.15) is 67.2 Å². The molecule has 2 saturated heterocycles. The summed E-state index contributed by atoms with van der Waals surface area (Å²) in [6.07, 6.45) is 2.24. The molecule has 2 aliphatic rings. The largest absolute Gasteiger partial charge is 0.414 e. The summed E-state index contributed by atoms with van der Waals surface area (Å²) in [5.41, 5.74) is 0.417. The third kappa shape index (κ3) is 4.56. The van der Waals surface area contributed by atoms with Gasteiger partial charge in [-0.1, -0.05) is 55.4 Å². The van der Waals surface area contributed by atoms with Crippen molar-refractivity contribution >= 4 is 28.9 Å². The van der Waals surface area contributed by atoms with Crippen LogP contribution in [0.3, 0.4) is 0 Å². The Bertz CT molecular complexity index is 869. The quantitative estimate of drug-likeness (QED) is 0.617. The molecule has 3 rings (SSSR count). The topological polar surface area (TPSA) is 82.6 Å². The maximum absolute atomic E-state index is 12.4. The SMILES string of the molecule is CC(C)[Si]1(C(C)C)OC[C@H]2S[C@@H](n3ccc(=O)[nH]c3=O)C[C@@H]2O[Si](C(C)C)(C(C)C)O1. The Morgan fingerprint density at radius 3 is 2.10 bits per heavy atom. The van der Waals surface area contributed by atoms with Crippen LogP contribution in [-0.4, -0.2) is 44.6 Å². The molecule has 2 fully saturated rings. The molecule has 1 N–H and O–H groups in total. The van der Waals surface area contributed by atoms with Crippen LogP contribution >= 0.6 is 11.8 Å². The zero-order chi connectivity index (χ0) is 23.1. The number of nitrogens with one attached hydrogen (secondary N) is 1. The summed E-state index contributed by atoms with van der Waals surface area (Å²) in [6, 6.07) is 1.40. The smallest absolute Gasteiger partial charge is 0.334 e. The minimum atomic E-state index is -2.64. The Hall–Kier alpha value is -0.656. The van der Waals surface area contributed by atoms with E-state index in [9.17, 15) is 9.59 Å². The van der Waals surface area contributed by atoms with E-state index >= 15 is 0 Å². The Labute approximate surface area is 191 Å². The van der Waals surface area contributed by atoms with Gasteiger partial charge in [-0.25, -0.2) is 4.79 Å². The fourth-order valence-electron chi connectivity index (χ4n) is 4.96. The zero-order valence-corrected chi connectivity index (χ0v) is 22.8. The average Bonchev–Trinajstić information content (AvgIpc) is 3.02. The lowest BCUT2D eigenvalue weighted by Crippen LogP contribution is -2.64. The van der Waals surface area contributed by atoms with Crippen LogP contribution in [0.4, 0.5) is 0 Å². The molecule has 176 valence electrons. The van der Waals surface area contributed by atoms with Crippen molar-refractivity contribution in [1.82, 2.24) is 9.55 Å². The highest BCUT2D eigenvalue weighted by Gasteiger charge is 2.59. The van der Waals surface area contributed by atoms with Gasteiger partial charge in [-0.05, 0) is 22.2 Å². The van der Waals surface area contributed by atoms with E-state index in [0.717, 1.165) is 0 Å². The van der Waals surface area contributed by atoms with Crippen molar-refractivity contribution in [1.29, 1.82) is 0 Å². The molecule has 3 atom stereocenters. The second kappa shape index (κ2) is 9.30. The molecule has 10 heteroatoms. The first-order valence-corrected chi connectivity index (χ1v) is 16.3. The number of hydrogen-bond donors (Lipinski definition) is 1. The van der Waals surface area contributed by atoms with Gasteiger partial charge in [0.15, 0.2) is 0 Å². The Morgan fingerprint density at radius 2 is 1.58 bits per heavy atom. The van der Waals surface area contributed by atoms with Crippen molar-refractivity contribution in [2.24, 2.45) is 0 Å². The lowest BCUT2D eigenvalue weighted by Gasteiger charge is -2.51. The summed E-state index contributed by atoms with van der Waals surface area (Å²) in [4.78, 5) is 26.3. The predicted molar refractivity (Wildman–Crippen MR) is 130 cm³/mol. The summed E-state index contributed by atoms with van der Waals surface area (Å²) in [6.45, 7) is 18.3. The van der Waals surface area contributed by atoms with Gasteiger partial charge in [0.1, 0.15) is 0 Å². The van der Waals surface area contributed by atoms with Crippen molar-refractivity contribution in [3.8, 4) is 0 Å². The molecule has 1 aromatic heterocycles. The Kier molecular flexibility index (Phi) is 7.49. The number of hydrogen-bond acceptors (Lipinski definition) is 6. The normalized spacial score (nSPS) is 28.2. The molecule has 1 aromatic rings. The molecule has 0 saturated carbocycles. The first-order chi connectivity index (χ1) is 14.4. The van der Waals surface area contributed by atoms with E-state index in [4.69, 9.17) is 13.0 Å². The number of aromatic amines is 1. The molecule has 31 heavy (non-hydrogen) atoms. The van der Waals surface area contributed by atoms with Crippen LogP contribution in [0.25, 0.3) is 0 Å². The first-order valence-electron chi connectivity index (χ1n) is 11.4. The molecule has 0 aromatic carbocycles. The van der Waals surface area contributed by atoms with Gasteiger partial charge in [-0.3, -0.25) is 14.3 Å². The molecule has 2 aliphatic heterocycles. The summed E-state index contributed by atoms with van der Waals surface area (Å²) in [7, 11) is -5.19. The standard InChI is InChI=1S/C21H38N2O5SSi2/c1-13(2)30(14(3)4)26-12-18-17(27-31(28-30,15(5)6)16(7)8)11-20(29-18)23-10-9-19(24)22-21(23)25/h9-10,13-18,20H,11-12H2,1-8H3,(H,22,24,25)/t17-,18+,20+/m0/s1. The summed E-state index contributed by atoms with van der Waals surface area (Å²) >= 11 is 1.72. The maximum atomic E-state index is 12.4. The number of aromatic nitrogens is 2. The van der Waals surface area contributed by atoms with Gasteiger partial charge < -0.3 is 13.0 Å². The van der Waals surface area contributed by atoms with Gasteiger partial charge >= 0.3 is 22.8 Å². The molecule has 7 nitrogen and oxygen atoms in total. The second-order valence-electron chi connectivity index (χ2n) is 10.0. The molecular formula is C21H38N2O5SSi2.